The minimum atomic E-state index is -0.780. The third-order valence-corrected chi connectivity index (χ3v) is 6.63. The quantitative estimate of drug-likeness (QED) is 0.443. The number of fused-ring (bicyclic) bond motifs is 2. The molecule has 39 heavy (non-hydrogen) atoms. The molecule has 6 rings (SSSR count). The van der Waals surface area contributed by atoms with Crippen LogP contribution in [-0.4, -0.2) is 25.6 Å². The van der Waals surface area contributed by atoms with E-state index in [1.165, 1.54) is 0 Å². The molecule has 0 fully saturated rings. The van der Waals surface area contributed by atoms with E-state index in [0.717, 1.165) is 5.56 Å². The Hall–Kier alpha value is -5.17. The molecule has 0 saturated heterocycles. The Bertz CT molecular complexity index is 1540. The Morgan fingerprint density at radius 2 is 1.64 bits per heavy atom. The number of rotatable bonds is 7. The molecule has 3 heterocycles. The van der Waals surface area contributed by atoms with Gasteiger partial charge >= 0.3 is 12.0 Å². The summed E-state index contributed by atoms with van der Waals surface area (Å²) in [6.07, 6.45) is 0.892. The van der Waals surface area contributed by atoms with Crippen LogP contribution in [0.2, 0.25) is 0 Å². The predicted octanol–water partition coefficient (Wildman–Crippen LogP) is 4.00. The van der Waals surface area contributed by atoms with Crippen molar-refractivity contribution in [3.8, 4) is 29.1 Å². The molecule has 2 N–H and O–H groups in total. The number of hydrogen-bond donors (Lipinski definition) is 2. The highest BCUT2D eigenvalue weighted by atomic mass is 16.7. The number of ether oxygens (including phenoxy) is 5. The zero-order valence-electron chi connectivity index (χ0n) is 20.7. The van der Waals surface area contributed by atoms with Gasteiger partial charge in [0.1, 0.15) is 6.61 Å². The Labute approximate surface area is 223 Å². The largest absolute Gasteiger partial charge is 0.457 e. The molecule has 3 aliphatic rings. The molecule has 0 aromatic heterocycles. The second kappa shape index (κ2) is 10.3. The van der Waals surface area contributed by atoms with Crippen LogP contribution in [0.15, 0.2) is 71.9 Å². The van der Waals surface area contributed by atoms with Gasteiger partial charge < -0.3 is 34.3 Å². The summed E-state index contributed by atoms with van der Waals surface area (Å²) < 4.78 is 27.5. The number of aryl methyl sites for hydroxylation is 1. The first-order chi connectivity index (χ1) is 19.1. The summed E-state index contributed by atoms with van der Waals surface area (Å²) in [5.74, 6) is 1.87. The lowest BCUT2D eigenvalue weighted by molar-refractivity contribution is -0.140. The Balaban J connectivity index is 1.31. The van der Waals surface area contributed by atoms with Crippen LogP contribution in [0.4, 0.5) is 4.79 Å². The van der Waals surface area contributed by atoms with Crippen LogP contribution in [0.25, 0.3) is 0 Å². The van der Waals surface area contributed by atoms with Crippen LogP contribution < -0.4 is 29.6 Å². The summed E-state index contributed by atoms with van der Waals surface area (Å²) in [5.41, 5.74) is 3.49. The number of carbonyl (C=O) groups is 2. The molecule has 196 valence electrons. The molecule has 0 aliphatic carbocycles. The molecular weight excluding hydrogens is 502 g/mol. The maximum absolute atomic E-state index is 13.6. The van der Waals surface area contributed by atoms with Crippen molar-refractivity contribution in [3.05, 3.63) is 94.2 Å². The number of carbonyl (C=O) groups excluding carboxylic acids is 2. The molecule has 3 aliphatic heterocycles. The number of nitrogens with one attached hydrogen (secondary N) is 2. The van der Waals surface area contributed by atoms with E-state index in [1.807, 2.05) is 18.2 Å². The van der Waals surface area contributed by atoms with Crippen molar-refractivity contribution < 1.29 is 33.3 Å². The Morgan fingerprint density at radius 1 is 0.897 bits per heavy atom. The van der Waals surface area contributed by atoms with Crippen LogP contribution in [0.5, 0.6) is 23.0 Å². The number of nitriles is 1. The van der Waals surface area contributed by atoms with Gasteiger partial charge in [0.25, 0.3) is 0 Å². The summed E-state index contributed by atoms with van der Waals surface area (Å²) in [4.78, 5) is 26.3. The zero-order valence-corrected chi connectivity index (χ0v) is 20.7. The Morgan fingerprint density at radius 3 is 2.44 bits per heavy atom. The minimum absolute atomic E-state index is 0.0326. The summed E-state index contributed by atoms with van der Waals surface area (Å²) in [6, 6.07) is 18.6. The number of nitrogens with zero attached hydrogens (tertiary/aromatic N) is 1. The number of urea groups is 1. The van der Waals surface area contributed by atoms with E-state index in [0.29, 0.717) is 58.2 Å². The molecule has 0 bridgehead atoms. The molecule has 10 nitrogen and oxygen atoms in total. The maximum Gasteiger partial charge on any atom is 0.338 e. The summed E-state index contributed by atoms with van der Waals surface area (Å²) in [7, 11) is 0. The fraction of sp³-hybridized carbons (Fsp3) is 0.207. The van der Waals surface area contributed by atoms with E-state index >= 15 is 0 Å². The van der Waals surface area contributed by atoms with Gasteiger partial charge in [-0.3, -0.25) is 0 Å². The van der Waals surface area contributed by atoms with Crippen LogP contribution in [0.3, 0.4) is 0 Å². The van der Waals surface area contributed by atoms with Crippen LogP contribution in [0.1, 0.15) is 34.7 Å². The van der Waals surface area contributed by atoms with E-state index in [9.17, 15) is 14.9 Å². The van der Waals surface area contributed by atoms with E-state index in [4.69, 9.17) is 23.7 Å². The fourth-order valence-electron chi connectivity index (χ4n) is 4.72. The van der Waals surface area contributed by atoms with Gasteiger partial charge in [-0.05, 0) is 65.9 Å². The average Bonchev–Trinajstić information content (AvgIpc) is 3.63. The molecule has 2 amide bonds. The molecule has 1 unspecified atom stereocenters. The van der Waals surface area contributed by atoms with Crippen molar-refractivity contribution in [1.29, 1.82) is 5.26 Å². The van der Waals surface area contributed by atoms with Gasteiger partial charge in [-0.1, -0.05) is 24.3 Å². The van der Waals surface area contributed by atoms with Crippen LogP contribution in [0, 0.1) is 11.3 Å². The monoisotopic (exact) mass is 525 g/mol. The molecule has 3 aromatic rings. The van der Waals surface area contributed by atoms with E-state index in [-0.39, 0.29) is 25.8 Å². The van der Waals surface area contributed by atoms with Crippen molar-refractivity contribution in [1.82, 2.24) is 10.6 Å². The summed E-state index contributed by atoms with van der Waals surface area (Å²) in [6.45, 7) is 0.246. The number of esters is 1. The molecule has 3 aromatic carbocycles. The smallest absolute Gasteiger partial charge is 0.338 e. The van der Waals surface area contributed by atoms with Gasteiger partial charge in [-0.2, -0.15) is 5.26 Å². The van der Waals surface area contributed by atoms with Crippen molar-refractivity contribution >= 4 is 12.0 Å². The first kappa shape index (κ1) is 24.2. The molecular formula is C29H23N3O7. The highest BCUT2D eigenvalue weighted by molar-refractivity contribution is 5.95. The van der Waals surface area contributed by atoms with Crippen LogP contribution >= 0.6 is 0 Å². The lowest BCUT2D eigenvalue weighted by atomic mass is 9.92. The average molecular weight is 526 g/mol. The first-order valence-corrected chi connectivity index (χ1v) is 12.3. The number of hydrogen-bond acceptors (Lipinski definition) is 8. The van der Waals surface area contributed by atoms with Crippen molar-refractivity contribution in [2.24, 2.45) is 0 Å². The number of allylic oxidation sites excluding steroid dienone is 1. The van der Waals surface area contributed by atoms with Gasteiger partial charge in [-0.15, -0.1) is 0 Å². The highest BCUT2D eigenvalue weighted by Gasteiger charge is 2.34. The molecule has 0 spiro atoms. The maximum atomic E-state index is 13.6. The van der Waals surface area contributed by atoms with Gasteiger partial charge in [0, 0.05) is 5.70 Å². The van der Waals surface area contributed by atoms with E-state index < -0.39 is 18.0 Å². The van der Waals surface area contributed by atoms with Gasteiger partial charge in [0.05, 0.1) is 23.2 Å². The topological polar surface area (TPSA) is 128 Å². The third-order valence-electron chi connectivity index (χ3n) is 6.63. The standard InChI is InChI=1S/C29H23N3O7/c30-13-18-2-1-3-19(10-18)14-35-28(33)26-21(7-4-17-5-8-22-24(11-17)38-15-36-22)31-29(34)32-27(26)20-6-9-23-25(12-20)39-16-37-23/h1-3,5-6,8-12,27H,4,7,14-16H2,(H2,31,32,34). The first-order valence-electron chi connectivity index (χ1n) is 12.3. The van der Waals surface area contributed by atoms with Gasteiger partial charge in [-0.25, -0.2) is 9.59 Å². The van der Waals surface area contributed by atoms with Gasteiger partial charge in [0.2, 0.25) is 13.6 Å². The van der Waals surface area contributed by atoms with E-state index in [1.54, 1.807) is 42.5 Å². The molecule has 0 radical (unpaired) electrons. The fourth-order valence-corrected chi connectivity index (χ4v) is 4.72. The Kier molecular flexibility index (Phi) is 6.39. The van der Waals surface area contributed by atoms with Crippen molar-refractivity contribution in [3.63, 3.8) is 0 Å². The summed E-state index contributed by atoms with van der Waals surface area (Å²) in [5, 5.41) is 14.8. The number of benzene rings is 3. The number of amides is 2. The van der Waals surface area contributed by atoms with Crippen molar-refractivity contribution in [2.75, 3.05) is 13.6 Å². The van der Waals surface area contributed by atoms with E-state index in [2.05, 4.69) is 16.7 Å². The lowest BCUT2D eigenvalue weighted by Gasteiger charge is -2.29. The second-order valence-electron chi connectivity index (χ2n) is 9.11. The predicted molar refractivity (Wildman–Crippen MR) is 136 cm³/mol. The van der Waals surface area contributed by atoms with Crippen LogP contribution in [-0.2, 0) is 22.6 Å². The third kappa shape index (κ3) is 5.02. The van der Waals surface area contributed by atoms with Gasteiger partial charge in [0.15, 0.2) is 23.0 Å². The van der Waals surface area contributed by atoms with Crippen molar-refractivity contribution in [2.45, 2.75) is 25.5 Å². The SMILES string of the molecule is N#Cc1cccc(COC(=O)C2=C(CCc3ccc4c(c3)OCO4)NC(=O)NC2c2ccc3c(c2)OCO3)c1. The molecule has 0 saturated carbocycles. The lowest BCUT2D eigenvalue weighted by Crippen LogP contribution is -2.46. The summed E-state index contributed by atoms with van der Waals surface area (Å²) >= 11 is 0. The molecule has 10 heteroatoms. The molecule has 1 atom stereocenters. The second-order valence-corrected chi connectivity index (χ2v) is 9.11. The normalized spacial score (nSPS) is 16.8. The minimum Gasteiger partial charge on any atom is -0.457 e. The zero-order chi connectivity index (χ0) is 26.8. The highest BCUT2D eigenvalue weighted by Crippen LogP contribution is 2.38.